The lowest BCUT2D eigenvalue weighted by atomic mass is 9.80. The summed E-state index contributed by atoms with van der Waals surface area (Å²) >= 11 is 5.90. The molecule has 0 aromatic heterocycles. The Balaban J connectivity index is 1.91. The highest BCUT2D eigenvalue weighted by molar-refractivity contribution is 7.92. The molecule has 2 aliphatic rings. The molecule has 2 aromatic rings. The van der Waals surface area contributed by atoms with E-state index in [9.17, 15) is 13.2 Å². The van der Waals surface area contributed by atoms with Crippen molar-refractivity contribution >= 4 is 27.3 Å². The number of hydrogen-bond acceptors (Lipinski definition) is 5. The summed E-state index contributed by atoms with van der Waals surface area (Å²) in [7, 11) is -0.844. The van der Waals surface area contributed by atoms with Crippen molar-refractivity contribution in [2.75, 3.05) is 14.2 Å². The molecule has 0 radical (unpaired) electrons. The number of likely N-dealkylation sites (tertiary alicyclic amines) is 1. The van der Waals surface area contributed by atoms with Crippen LogP contribution in [0, 0.1) is 0 Å². The molecule has 6 nitrogen and oxygen atoms in total. The largest absolute Gasteiger partial charge is 0.493 e. The topological polar surface area (TPSA) is 72.9 Å². The molecule has 8 heteroatoms. The molecule has 2 aromatic carbocycles. The molecular weight excluding hydrogens is 402 g/mol. The molecule has 1 saturated heterocycles. The zero-order valence-corrected chi connectivity index (χ0v) is 17.3. The molecular formula is C20H20ClNO5S. The van der Waals surface area contributed by atoms with E-state index >= 15 is 0 Å². The van der Waals surface area contributed by atoms with E-state index in [1.54, 1.807) is 32.2 Å². The number of para-hydroxylation sites is 1. The summed E-state index contributed by atoms with van der Waals surface area (Å²) in [6.07, 6.45) is 0.368. The molecule has 2 bridgehead atoms. The number of methoxy groups -OCH3 is 1. The van der Waals surface area contributed by atoms with Gasteiger partial charge in [0.05, 0.1) is 12.0 Å². The number of rotatable bonds is 3. The van der Waals surface area contributed by atoms with Gasteiger partial charge in [-0.15, -0.1) is 0 Å². The molecule has 0 aliphatic carbocycles. The molecule has 0 N–H and O–H groups in total. The minimum atomic E-state index is -3.95. The van der Waals surface area contributed by atoms with Crippen LogP contribution in [-0.4, -0.2) is 44.4 Å². The Morgan fingerprint density at radius 2 is 1.89 bits per heavy atom. The Morgan fingerprint density at radius 3 is 2.54 bits per heavy atom. The van der Waals surface area contributed by atoms with Crippen LogP contribution in [-0.2, 0) is 14.6 Å². The van der Waals surface area contributed by atoms with Gasteiger partial charge in [0.1, 0.15) is 0 Å². The van der Waals surface area contributed by atoms with Gasteiger partial charge < -0.3 is 14.4 Å². The number of ether oxygens (including phenoxy) is 2. The third kappa shape index (κ3) is 2.68. The smallest absolute Gasteiger partial charge is 0.244 e. The SMILES string of the molecule is COc1cccc2c1O[C@@]1(C)C[C@H]2[C@@H](S(=O)(=O)c2ccc(Cl)cc2)C(=O)N1C. The fraction of sp³-hybridized carbons (Fsp3) is 0.350. The van der Waals surface area contributed by atoms with Gasteiger partial charge in [-0.3, -0.25) is 4.79 Å². The van der Waals surface area contributed by atoms with Crippen LogP contribution >= 0.6 is 11.6 Å². The number of halogens is 1. The first kappa shape index (κ1) is 19.1. The summed E-state index contributed by atoms with van der Waals surface area (Å²) in [5.74, 6) is -0.0337. The van der Waals surface area contributed by atoms with Crippen molar-refractivity contribution in [2.45, 2.75) is 35.1 Å². The van der Waals surface area contributed by atoms with Crippen molar-refractivity contribution in [3.63, 3.8) is 0 Å². The van der Waals surface area contributed by atoms with Crippen LogP contribution in [0.2, 0.25) is 5.02 Å². The number of sulfone groups is 1. The Morgan fingerprint density at radius 1 is 1.21 bits per heavy atom. The highest BCUT2D eigenvalue weighted by Gasteiger charge is 2.57. The number of hydrogen-bond donors (Lipinski definition) is 0. The van der Waals surface area contributed by atoms with Crippen molar-refractivity contribution in [3.05, 3.63) is 53.1 Å². The van der Waals surface area contributed by atoms with E-state index in [0.29, 0.717) is 28.5 Å². The van der Waals surface area contributed by atoms with Gasteiger partial charge in [0.2, 0.25) is 5.91 Å². The van der Waals surface area contributed by atoms with E-state index in [1.807, 2.05) is 0 Å². The number of fused-ring (bicyclic) bond motifs is 4. The van der Waals surface area contributed by atoms with E-state index < -0.39 is 32.6 Å². The molecule has 4 rings (SSSR count). The maximum atomic E-state index is 13.5. The van der Waals surface area contributed by atoms with Crippen LogP contribution in [0.15, 0.2) is 47.4 Å². The molecule has 0 unspecified atom stereocenters. The molecule has 28 heavy (non-hydrogen) atoms. The van der Waals surface area contributed by atoms with Crippen LogP contribution in [0.4, 0.5) is 0 Å². The summed E-state index contributed by atoms with van der Waals surface area (Å²) < 4.78 is 38.5. The maximum Gasteiger partial charge on any atom is 0.244 e. The highest BCUT2D eigenvalue weighted by atomic mass is 35.5. The second kappa shape index (κ2) is 6.39. The predicted octanol–water partition coefficient (Wildman–Crippen LogP) is 3.25. The number of benzene rings is 2. The fourth-order valence-corrected chi connectivity index (χ4v) is 6.10. The van der Waals surface area contributed by atoms with Crippen LogP contribution < -0.4 is 9.47 Å². The quantitative estimate of drug-likeness (QED) is 0.760. The van der Waals surface area contributed by atoms with Crippen LogP contribution in [0.3, 0.4) is 0 Å². The molecule has 1 amide bonds. The van der Waals surface area contributed by atoms with E-state index in [0.717, 1.165) is 0 Å². The number of amides is 1. The van der Waals surface area contributed by atoms with Gasteiger partial charge >= 0.3 is 0 Å². The van der Waals surface area contributed by atoms with Crippen LogP contribution in [0.5, 0.6) is 11.5 Å². The average molecular weight is 422 g/mol. The number of nitrogens with zero attached hydrogens (tertiary/aromatic N) is 1. The van der Waals surface area contributed by atoms with Crippen molar-refractivity contribution in [1.29, 1.82) is 0 Å². The summed E-state index contributed by atoms with van der Waals surface area (Å²) in [6, 6.07) is 11.2. The van der Waals surface area contributed by atoms with Gasteiger partial charge in [0, 0.05) is 30.0 Å². The lowest BCUT2D eigenvalue weighted by molar-refractivity contribution is -0.160. The first-order chi connectivity index (χ1) is 13.2. The number of carbonyl (C=O) groups is 1. The fourth-order valence-electron chi connectivity index (χ4n) is 4.07. The molecule has 148 valence electrons. The van der Waals surface area contributed by atoms with Crippen LogP contribution in [0.25, 0.3) is 0 Å². The Bertz CT molecular complexity index is 1050. The molecule has 3 atom stereocenters. The van der Waals surface area contributed by atoms with Crippen molar-refractivity contribution in [2.24, 2.45) is 0 Å². The standard InChI is InChI=1S/C20H20ClNO5S/c1-20-11-15(14-5-4-6-16(26-3)17(14)27-20)18(19(23)22(20)2)28(24,25)13-9-7-12(21)8-10-13/h4-10,15,18H,11H2,1-3H3/t15-,18-,20+/m1/s1. The van der Waals surface area contributed by atoms with Crippen LogP contribution in [0.1, 0.15) is 24.8 Å². The molecule has 0 saturated carbocycles. The summed E-state index contributed by atoms with van der Waals surface area (Å²) in [5.41, 5.74) is -0.282. The molecule has 2 heterocycles. The zero-order chi connectivity index (χ0) is 20.3. The van der Waals surface area contributed by atoms with Gasteiger partial charge in [-0.2, -0.15) is 0 Å². The third-order valence-corrected chi connectivity index (χ3v) is 8.05. The van der Waals surface area contributed by atoms with E-state index in [-0.39, 0.29) is 4.90 Å². The lowest BCUT2D eigenvalue weighted by Gasteiger charge is -2.51. The van der Waals surface area contributed by atoms with E-state index in [2.05, 4.69) is 0 Å². The molecule has 2 aliphatic heterocycles. The number of piperidine rings is 1. The monoisotopic (exact) mass is 421 g/mol. The Kier molecular flexibility index (Phi) is 4.35. The molecule has 1 fully saturated rings. The lowest BCUT2D eigenvalue weighted by Crippen LogP contribution is -2.64. The first-order valence-corrected chi connectivity index (χ1v) is 10.7. The average Bonchev–Trinajstić information content (AvgIpc) is 2.66. The van der Waals surface area contributed by atoms with Gasteiger partial charge in [0.15, 0.2) is 32.3 Å². The second-order valence-corrected chi connectivity index (χ2v) is 9.79. The second-order valence-electron chi connectivity index (χ2n) is 7.28. The Hall–Kier alpha value is -2.25. The zero-order valence-electron chi connectivity index (χ0n) is 15.7. The number of carbonyl (C=O) groups excluding carboxylic acids is 1. The van der Waals surface area contributed by atoms with Crippen molar-refractivity contribution in [3.8, 4) is 11.5 Å². The minimum Gasteiger partial charge on any atom is -0.493 e. The highest BCUT2D eigenvalue weighted by Crippen LogP contribution is 2.52. The maximum absolute atomic E-state index is 13.5. The predicted molar refractivity (Wildman–Crippen MR) is 105 cm³/mol. The van der Waals surface area contributed by atoms with E-state index in [4.69, 9.17) is 21.1 Å². The van der Waals surface area contributed by atoms with Gasteiger partial charge in [-0.05, 0) is 37.3 Å². The third-order valence-electron chi connectivity index (χ3n) is 5.67. The van der Waals surface area contributed by atoms with Gasteiger partial charge in [0.25, 0.3) is 0 Å². The van der Waals surface area contributed by atoms with Crippen molar-refractivity contribution < 1.29 is 22.7 Å². The first-order valence-electron chi connectivity index (χ1n) is 8.82. The summed E-state index contributed by atoms with van der Waals surface area (Å²) in [4.78, 5) is 14.7. The summed E-state index contributed by atoms with van der Waals surface area (Å²) in [6.45, 7) is 1.79. The van der Waals surface area contributed by atoms with Crippen molar-refractivity contribution in [1.82, 2.24) is 4.90 Å². The normalized spacial score (nSPS) is 26.4. The van der Waals surface area contributed by atoms with Gasteiger partial charge in [-0.25, -0.2) is 8.42 Å². The van der Waals surface area contributed by atoms with Gasteiger partial charge in [-0.1, -0.05) is 23.7 Å². The minimum absolute atomic E-state index is 0.0724. The summed E-state index contributed by atoms with van der Waals surface area (Å²) in [5, 5.41) is -0.818. The molecule has 0 spiro atoms. The van der Waals surface area contributed by atoms with E-state index in [1.165, 1.54) is 36.3 Å². The Labute approximate surface area is 168 Å².